The minimum atomic E-state index is -1.56. The molecule has 1 aliphatic rings. The SMILES string of the molecule is CCCCCCCCCCC/C=C\C/C=C\CCCCCCCCCCCCCCCC(=O)NC(COC1OC(CO)C(O)C(O)C1O)C(O)/C=C/CCCCCCCCCCC. The third kappa shape index (κ3) is 34.4. The molecule has 0 aliphatic carbocycles. The van der Waals surface area contributed by atoms with Gasteiger partial charge >= 0.3 is 0 Å². The fourth-order valence-electron chi connectivity index (χ4n) is 8.42. The summed E-state index contributed by atoms with van der Waals surface area (Å²) in [6.45, 7) is 3.77. The van der Waals surface area contributed by atoms with Gasteiger partial charge in [-0.1, -0.05) is 224 Å². The Morgan fingerprint density at radius 3 is 1.37 bits per heavy atom. The molecule has 63 heavy (non-hydrogen) atoms. The van der Waals surface area contributed by atoms with Crippen LogP contribution in [0, 0.1) is 0 Å². The summed E-state index contributed by atoms with van der Waals surface area (Å²) < 4.78 is 11.2. The zero-order valence-corrected chi connectivity index (χ0v) is 40.8. The van der Waals surface area contributed by atoms with Crippen LogP contribution in [-0.2, 0) is 14.3 Å². The van der Waals surface area contributed by atoms with Gasteiger partial charge in [0.05, 0.1) is 25.4 Å². The molecule has 1 heterocycles. The van der Waals surface area contributed by atoms with E-state index in [0.717, 1.165) is 44.9 Å². The number of allylic oxidation sites excluding steroid dienone is 5. The standard InChI is InChI=1S/C54H101NO8/c1-3-5-7-9-11-13-15-16-17-18-19-20-21-22-23-24-25-26-27-28-29-30-31-32-34-36-38-40-42-44-50(58)55-47(46-62-54-53(61)52(60)51(59)49(45-56)63-54)48(57)43-41-39-37-35-33-14-12-10-8-6-4-2/h19-20,22-23,41,43,47-49,51-54,56-57,59-61H,3-18,21,24-40,42,44-46H2,1-2H3,(H,55,58)/b20-19-,23-22-,43-41+. The largest absolute Gasteiger partial charge is 0.394 e. The highest BCUT2D eigenvalue weighted by Gasteiger charge is 2.44. The molecule has 1 amide bonds. The summed E-state index contributed by atoms with van der Waals surface area (Å²) in [4.78, 5) is 13.0. The van der Waals surface area contributed by atoms with Crippen LogP contribution in [0.15, 0.2) is 36.5 Å². The zero-order valence-electron chi connectivity index (χ0n) is 40.8. The van der Waals surface area contributed by atoms with E-state index in [2.05, 4.69) is 43.5 Å². The van der Waals surface area contributed by atoms with Crippen molar-refractivity contribution in [2.24, 2.45) is 0 Å². The Kier molecular flexibility index (Phi) is 41.7. The summed E-state index contributed by atoms with van der Waals surface area (Å²) in [7, 11) is 0. The quantitative estimate of drug-likeness (QED) is 0.0261. The third-order valence-electron chi connectivity index (χ3n) is 12.7. The highest BCUT2D eigenvalue weighted by molar-refractivity contribution is 5.76. The van der Waals surface area contributed by atoms with Gasteiger partial charge in [-0.25, -0.2) is 0 Å². The van der Waals surface area contributed by atoms with Crippen LogP contribution >= 0.6 is 0 Å². The van der Waals surface area contributed by atoms with Gasteiger partial charge in [-0.2, -0.15) is 0 Å². The number of amides is 1. The molecule has 1 fully saturated rings. The van der Waals surface area contributed by atoms with Crippen molar-refractivity contribution in [3.8, 4) is 0 Å². The lowest BCUT2D eigenvalue weighted by atomic mass is 9.99. The Morgan fingerprint density at radius 1 is 0.540 bits per heavy atom. The molecule has 370 valence electrons. The van der Waals surface area contributed by atoms with Crippen molar-refractivity contribution in [2.45, 2.75) is 288 Å². The predicted octanol–water partition coefficient (Wildman–Crippen LogP) is 12.4. The summed E-state index contributed by atoms with van der Waals surface area (Å²) in [5, 5.41) is 54.2. The smallest absolute Gasteiger partial charge is 0.220 e. The molecular formula is C54H101NO8. The predicted molar refractivity (Wildman–Crippen MR) is 263 cm³/mol. The van der Waals surface area contributed by atoms with Crippen LogP contribution in [-0.4, -0.2) is 87.5 Å². The van der Waals surface area contributed by atoms with Crippen LogP contribution in [0.5, 0.6) is 0 Å². The van der Waals surface area contributed by atoms with Crippen molar-refractivity contribution in [2.75, 3.05) is 13.2 Å². The second kappa shape index (κ2) is 44.3. The van der Waals surface area contributed by atoms with Crippen molar-refractivity contribution >= 4 is 5.91 Å². The summed E-state index contributed by atoms with van der Waals surface area (Å²) >= 11 is 0. The van der Waals surface area contributed by atoms with Gasteiger partial charge in [0.2, 0.25) is 5.91 Å². The van der Waals surface area contributed by atoms with E-state index in [9.17, 15) is 30.3 Å². The molecule has 0 aromatic heterocycles. The van der Waals surface area contributed by atoms with E-state index < -0.39 is 49.5 Å². The molecule has 9 heteroatoms. The maximum atomic E-state index is 13.0. The summed E-state index contributed by atoms with van der Waals surface area (Å²) in [5.41, 5.74) is 0. The van der Waals surface area contributed by atoms with Crippen molar-refractivity contribution in [1.82, 2.24) is 5.32 Å². The number of aliphatic hydroxyl groups is 5. The lowest BCUT2D eigenvalue weighted by molar-refractivity contribution is -0.302. The maximum Gasteiger partial charge on any atom is 0.220 e. The van der Waals surface area contributed by atoms with Crippen LogP contribution in [0.2, 0.25) is 0 Å². The number of nitrogens with one attached hydrogen (secondary N) is 1. The number of carbonyl (C=O) groups excluding carboxylic acids is 1. The Bertz CT molecular complexity index is 1080. The number of unbranched alkanes of at least 4 members (excludes halogenated alkanes) is 31. The summed E-state index contributed by atoms with van der Waals surface area (Å²) in [6, 6.07) is -0.803. The second-order valence-corrected chi connectivity index (χ2v) is 18.7. The van der Waals surface area contributed by atoms with E-state index >= 15 is 0 Å². The van der Waals surface area contributed by atoms with E-state index in [1.807, 2.05) is 6.08 Å². The van der Waals surface area contributed by atoms with Crippen LogP contribution in [0.25, 0.3) is 0 Å². The molecule has 0 spiro atoms. The summed E-state index contributed by atoms with van der Waals surface area (Å²) in [5.74, 6) is -0.178. The van der Waals surface area contributed by atoms with Crippen molar-refractivity contribution in [3.05, 3.63) is 36.5 Å². The minimum Gasteiger partial charge on any atom is -0.394 e. The van der Waals surface area contributed by atoms with Gasteiger partial charge < -0.3 is 40.3 Å². The second-order valence-electron chi connectivity index (χ2n) is 18.7. The number of carbonyl (C=O) groups is 1. The molecule has 9 nitrogen and oxygen atoms in total. The molecule has 0 aromatic carbocycles. The molecule has 0 saturated carbocycles. The van der Waals surface area contributed by atoms with E-state index in [1.165, 1.54) is 180 Å². The van der Waals surface area contributed by atoms with Crippen molar-refractivity contribution < 1.29 is 39.8 Å². The van der Waals surface area contributed by atoms with Crippen LogP contribution in [0.4, 0.5) is 0 Å². The Morgan fingerprint density at radius 2 is 0.937 bits per heavy atom. The van der Waals surface area contributed by atoms with E-state index in [-0.39, 0.29) is 12.5 Å². The van der Waals surface area contributed by atoms with E-state index in [0.29, 0.717) is 6.42 Å². The van der Waals surface area contributed by atoms with Crippen LogP contribution in [0.3, 0.4) is 0 Å². The molecule has 1 saturated heterocycles. The first kappa shape index (κ1) is 59.4. The topological polar surface area (TPSA) is 149 Å². The first-order chi connectivity index (χ1) is 30.8. The zero-order chi connectivity index (χ0) is 45.9. The lowest BCUT2D eigenvalue weighted by Crippen LogP contribution is -2.60. The Balaban J connectivity index is 2.16. The van der Waals surface area contributed by atoms with E-state index in [1.54, 1.807) is 6.08 Å². The average Bonchev–Trinajstić information content (AvgIpc) is 3.28. The number of hydrogen-bond donors (Lipinski definition) is 6. The van der Waals surface area contributed by atoms with Gasteiger partial charge in [-0.15, -0.1) is 0 Å². The van der Waals surface area contributed by atoms with Gasteiger partial charge in [-0.3, -0.25) is 4.79 Å². The normalized spacial score (nSPS) is 20.4. The summed E-state index contributed by atoms with van der Waals surface area (Å²) in [6.07, 6.45) is 49.3. The highest BCUT2D eigenvalue weighted by Crippen LogP contribution is 2.23. The lowest BCUT2D eigenvalue weighted by Gasteiger charge is -2.40. The molecule has 0 aromatic rings. The Hall–Kier alpha value is -1.59. The van der Waals surface area contributed by atoms with Crippen molar-refractivity contribution in [1.29, 1.82) is 0 Å². The number of hydrogen-bond acceptors (Lipinski definition) is 8. The fraction of sp³-hybridized carbons (Fsp3) is 0.870. The van der Waals surface area contributed by atoms with Gasteiger partial charge in [-0.05, 0) is 51.4 Å². The number of rotatable bonds is 45. The molecule has 7 atom stereocenters. The first-order valence-corrected chi connectivity index (χ1v) is 26.7. The van der Waals surface area contributed by atoms with E-state index in [4.69, 9.17) is 9.47 Å². The maximum absolute atomic E-state index is 13.0. The first-order valence-electron chi connectivity index (χ1n) is 26.7. The van der Waals surface area contributed by atoms with Crippen molar-refractivity contribution in [3.63, 3.8) is 0 Å². The molecule has 6 N–H and O–H groups in total. The minimum absolute atomic E-state index is 0.178. The monoisotopic (exact) mass is 892 g/mol. The molecular weight excluding hydrogens is 791 g/mol. The highest BCUT2D eigenvalue weighted by atomic mass is 16.7. The third-order valence-corrected chi connectivity index (χ3v) is 12.7. The van der Waals surface area contributed by atoms with Crippen LogP contribution < -0.4 is 5.32 Å². The number of aliphatic hydroxyl groups excluding tert-OH is 5. The van der Waals surface area contributed by atoms with Gasteiger partial charge in [0.25, 0.3) is 0 Å². The fourth-order valence-corrected chi connectivity index (χ4v) is 8.42. The number of ether oxygens (including phenoxy) is 2. The average molecular weight is 892 g/mol. The van der Waals surface area contributed by atoms with Crippen LogP contribution in [0.1, 0.15) is 245 Å². The molecule has 1 rings (SSSR count). The van der Waals surface area contributed by atoms with Gasteiger partial charge in [0.15, 0.2) is 6.29 Å². The molecule has 1 aliphatic heterocycles. The van der Waals surface area contributed by atoms with Gasteiger partial charge in [0, 0.05) is 6.42 Å². The Labute approximate surface area is 387 Å². The molecule has 0 radical (unpaired) electrons. The molecule has 7 unspecified atom stereocenters. The van der Waals surface area contributed by atoms with Gasteiger partial charge in [0.1, 0.15) is 24.4 Å². The molecule has 0 bridgehead atoms.